The maximum atomic E-state index is 13.4. The quantitative estimate of drug-likeness (QED) is 0.876. The largest absolute Gasteiger partial charge is 0.326 e. The van der Waals surface area contributed by atoms with Crippen LogP contribution in [0.25, 0.3) is 11.1 Å². The minimum Gasteiger partial charge on any atom is -0.326 e. The van der Waals surface area contributed by atoms with Crippen LogP contribution < -0.4 is 5.73 Å². The Morgan fingerprint density at radius 3 is 2.61 bits per heavy atom. The molecule has 0 fully saturated rings. The van der Waals surface area contributed by atoms with Crippen molar-refractivity contribution >= 4 is 0 Å². The second-order valence-corrected chi connectivity index (χ2v) is 4.19. The van der Waals surface area contributed by atoms with E-state index in [1.165, 1.54) is 12.1 Å². The fourth-order valence-corrected chi connectivity index (χ4v) is 1.99. The van der Waals surface area contributed by atoms with Gasteiger partial charge in [-0.05, 0) is 47.4 Å². The Hall–Kier alpha value is -2.18. The highest BCUT2D eigenvalue weighted by atomic mass is 19.1. The van der Waals surface area contributed by atoms with Gasteiger partial charge in [0, 0.05) is 6.54 Å². The molecular weight excluding hydrogens is 227 g/mol. The lowest BCUT2D eigenvalue weighted by atomic mass is 9.97. The van der Waals surface area contributed by atoms with E-state index in [9.17, 15) is 4.39 Å². The van der Waals surface area contributed by atoms with Crippen LogP contribution in [-0.4, -0.2) is 0 Å². The minimum atomic E-state index is -0.397. The van der Waals surface area contributed by atoms with E-state index in [1.807, 2.05) is 31.2 Å². The predicted octanol–water partition coefficient (Wildman–Crippen LogP) is 3.13. The average molecular weight is 240 g/mol. The molecule has 0 saturated carbocycles. The molecule has 0 amide bonds. The van der Waals surface area contributed by atoms with Crippen LogP contribution in [-0.2, 0) is 6.54 Å². The van der Waals surface area contributed by atoms with Crippen LogP contribution in [0.1, 0.15) is 16.7 Å². The molecule has 18 heavy (non-hydrogen) atoms. The van der Waals surface area contributed by atoms with Gasteiger partial charge in [0.2, 0.25) is 0 Å². The second-order valence-electron chi connectivity index (χ2n) is 4.19. The van der Waals surface area contributed by atoms with Crippen LogP contribution in [0.15, 0.2) is 36.4 Å². The fraction of sp³-hybridized carbons (Fsp3) is 0.133. The van der Waals surface area contributed by atoms with Gasteiger partial charge in [0.05, 0.1) is 11.6 Å². The number of nitriles is 1. The van der Waals surface area contributed by atoms with Crippen LogP contribution >= 0.6 is 0 Å². The first kappa shape index (κ1) is 12.3. The van der Waals surface area contributed by atoms with Gasteiger partial charge < -0.3 is 5.73 Å². The summed E-state index contributed by atoms with van der Waals surface area (Å²) in [5, 5.41) is 8.85. The van der Waals surface area contributed by atoms with Crippen molar-refractivity contribution in [3.05, 3.63) is 58.9 Å². The number of aryl methyl sites for hydroxylation is 1. The average Bonchev–Trinajstić information content (AvgIpc) is 2.37. The van der Waals surface area contributed by atoms with Crippen LogP contribution in [0.5, 0.6) is 0 Å². The van der Waals surface area contributed by atoms with Crippen molar-refractivity contribution in [1.82, 2.24) is 0 Å². The molecule has 2 aromatic rings. The summed E-state index contributed by atoms with van der Waals surface area (Å²) in [4.78, 5) is 0. The van der Waals surface area contributed by atoms with Crippen LogP contribution in [0.3, 0.4) is 0 Å². The molecule has 0 spiro atoms. The zero-order chi connectivity index (χ0) is 13.1. The van der Waals surface area contributed by atoms with E-state index in [1.54, 1.807) is 6.07 Å². The lowest BCUT2D eigenvalue weighted by Gasteiger charge is -2.08. The van der Waals surface area contributed by atoms with Crippen LogP contribution in [0.2, 0.25) is 0 Å². The third kappa shape index (κ3) is 2.39. The number of hydrogen-bond acceptors (Lipinski definition) is 2. The lowest BCUT2D eigenvalue weighted by Crippen LogP contribution is -1.97. The Labute approximate surface area is 105 Å². The Morgan fingerprint density at radius 1 is 1.22 bits per heavy atom. The Bertz CT molecular complexity index is 627. The van der Waals surface area contributed by atoms with Gasteiger partial charge in [-0.25, -0.2) is 4.39 Å². The van der Waals surface area contributed by atoms with E-state index in [0.29, 0.717) is 17.7 Å². The summed E-state index contributed by atoms with van der Waals surface area (Å²) in [6.07, 6.45) is 0. The number of nitrogens with zero attached hydrogens (tertiary/aromatic N) is 1. The summed E-state index contributed by atoms with van der Waals surface area (Å²) in [5.41, 5.74) is 9.59. The molecular formula is C15H13FN2. The maximum Gasteiger partial charge on any atom is 0.125 e. The summed E-state index contributed by atoms with van der Waals surface area (Å²) in [6.45, 7) is 2.43. The highest BCUT2D eigenvalue weighted by Crippen LogP contribution is 2.26. The molecule has 0 aromatic heterocycles. The summed E-state index contributed by atoms with van der Waals surface area (Å²) >= 11 is 0. The van der Waals surface area contributed by atoms with Gasteiger partial charge in [-0.2, -0.15) is 5.26 Å². The highest BCUT2D eigenvalue weighted by Gasteiger charge is 2.06. The van der Waals surface area contributed by atoms with Crippen molar-refractivity contribution < 1.29 is 4.39 Å². The zero-order valence-electron chi connectivity index (χ0n) is 10.1. The van der Waals surface area contributed by atoms with Crippen molar-refractivity contribution in [3.8, 4) is 17.2 Å². The monoisotopic (exact) mass is 240 g/mol. The summed E-state index contributed by atoms with van der Waals surface area (Å²) in [5.74, 6) is -0.397. The first-order valence-electron chi connectivity index (χ1n) is 5.64. The normalized spacial score (nSPS) is 10.1. The smallest absolute Gasteiger partial charge is 0.125 e. The molecule has 0 aliphatic carbocycles. The first-order valence-corrected chi connectivity index (χ1v) is 5.64. The van der Waals surface area contributed by atoms with Gasteiger partial charge in [0.1, 0.15) is 5.82 Å². The van der Waals surface area contributed by atoms with Crippen molar-refractivity contribution in [2.75, 3.05) is 0 Å². The SMILES string of the molecule is Cc1cc(CN)ccc1-c1cc(F)cc(C#N)c1. The number of benzene rings is 2. The van der Waals surface area contributed by atoms with Crippen molar-refractivity contribution in [2.24, 2.45) is 5.73 Å². The van der Waals surface area contributed by atoms with Gasteiger partial charge in [-0.15, -0.1) is 0 Å². The summed E-state index contributed by atoms with van der Waals surface area (Å²) in [7, 11) is 0. The van der Waals surface area contributed by atoms with Gasteiger partial charge in [0.15, 0.2) is 0 Å². The maximum absolute atomic E-state index is 13.4. The molecule has 2 N–H and O–H groups in total. The minimum absolute atomic E-state index is 0.326. The number of nitrogens with two attached hydrogens (primary N) is 1. The lowest BCUT2D eigenvalue weighted by molar-refractivity contribution is 0.628. The molecule has 0 aliphatic heterocycles. The van der Waals surface area contributed by atoms with E-state index in [-0.39, 0.29) is 0 Å². The van der Waals surface area contributed by atoms with E-state index in [0.717, 1.165) is 16.7 Å². The molecule has 0 unspecified atom stereocenters. The third-order valence-corrected chi connectivity index (χ3v) is 2.86. The van der Waals surface area contributed by atoms with E-state index < -0.39 is 5.82 Å². The molecule has 0 saturated heterocycles. The van der Waals surface area contributed by atoms with Gasteiger partial charge >= 0.3 is 0 Å². The van der Waals surface area contributed by atoms with E-state index >= 15 is 0 Å². The number of hydrogen-bond donors (Lipinski definition) is 1. The number of rotatable bonds is 2. The van der Waals surface area contributed by atoms with Gasteiger partial charge in [-0.3, -0.25) is 0 Å². The first-order chi connectivity index (χ1) is 8.63. The van der Waals surface area contributed by atoms with Crippen molar-refractivity contribution in [2.45, 2.75) is 13.5 Å². The zero-order valence-corrected chi connectivity index (χ0v) is 10.1. The van der Waals surface area contributed by atoms with Gasteiger partial charge in [-0.1, -0.05) is 18.2 Å². The molecule has 3 heteroatoms. The van der Waals surface area contributed by atoms with E-state index in [4.69, 9.17) is 11.0 Å². The summed E-state index contributed by atoms with van der Waals surface area (Å²) in [6, 6.07) is 12.1. The summed E-state index contributed by atoms with van der Waals surface area (Å²) < 4.78 is 13.4. The van der Waals surface area contributed by atoms with Gasteiger partial charge in [0.25, 0.3) is 0 Å². The van der Waals surface area contributed by atoms with Crippen molar-refractivity contribution in [3.63, 3.8) is 0 Å². The molecule has 0 radical (unpaired) electrons. The second kappa shape index (κ2) is 4.99. The number of halogens is 1. The molecule has 0 atom stereocenters. The Kier molecular flexibility index (Phi) is 3.40. The molecule has 0 bridgehead atoms. The van der Waals surface area contributed by atoms with Crippen LogP contribution in [0, 0.1) is 24.1 Å². The Morgan fingerprint density at radius 2 is 2.00 bits per heavy atom. The molecule has 0 aliphatic rings. The topological polar surface area (TPSA) is 49.8 Å². The molecule has 2 nitrogen and oxygen atoms in total. The molecule has 2 rings (SSSR count). The predicted molar refractivity (Wildman–Crippen MR) is 69.2 cm³/mol. The fourth-order valence-electron chi connectivity index (χ4n) is 1.99. The Balaban J connectivity index is 2.55. The molecule has 2 aromatic carbocycles. The third-order valence-electron chi connectivity index (χ3n) is 2.86. The standard InChI is InChI=1S/C15H13FN2/c1-10-4-11(8-17)2-3-15(10)13-5-12(9-18)6-14(16)7-13/h2-7H,8,17H2,1H3. The molecule has 0 heterocycles. The van der Waals surface area contributed by atoms with Crippen LogP contribution in [0.4, 0.5) is 4.39 Å². The molecule has 90 valence electrons. The highest BCUT2D eigenvalue weighted by molar-refractivity contribution is 5.69. The van der Waals surface area contributed by atoms with E-state index in [2.05, 4.69) is 0 Å². The van der Waals surface area contributed by atoms with Crippen molar-refractivity contribution in [1.29, 1.82) is 5.26 Å².